The van der Waals surface area contributed by atoms with Gasteiger partial charge in [0.05, 0.1) is 16.6 Å². The zero-order valence-electron chi connectivity index (χ0n) is 10.5. The first kappa shape index (κ1) is 13.8. The number of hydrogen-bond acceptors (Lipinski definition) is 2. The molecule has 100 valence electrons. The number of benzene rings is 1. The Bertz CT molecular complexity index is 425. The molecule has 0 amide bonds. The lowest BCUT2D eigenvalue weighted by Gasteiger charge is -2.24. The van der Waals surface area contributed by atoms with E-state index in [1.807, 2.05) is 6.92 Å². The van der Waals surface area contributed by atoms with E-state index in [1.54, 1.807) is 6.07 Å². The smallest absolute Gasteiger partial charge is 0.137 e. The van der Waals surface area contributed by atoms with Gasteiger partial charge < -0.3 is 10.4 Å². The predicted molar refractivity (Wildman–Crippen MR) is 75.3 cm³/mol. The summed E-state index contributed by atoms with van der Waals surface area (Å²) < 4.78 is 13.8. The summed E-state index contributed by atoms with van der Waals surface area (Å²) in [5.41, 5.74) is 1.77. The Labute approximate surface area is 116 Å². The Balaban J connectivity index is 2.14. The second-order valence-corrected chi connectivity index (χ2v) is 5.89. The van der Waals surface area contributed by atoms with Crippen molar-refractivity contribution in [1.82, 2.24) is 0 Å². The van der Waals surface area contributed by atoms with Gasteiger partial charge in [0.1, 0.15) is 5.82 Å². The van der Waals surface area contributed by atoms with E-state index in [9.17, 15) is 9.50 Å². The topological polar surface area (TPSA) is 32.3 Å². The van der Waals surface area contributed by atoms with Crippen LogP contribution in [0.25, 0.3) is 0 Å². The second kappa shape index (κ2) is 6.02. The van der Waals surface area contributed by atoms with E-state index in [0.29, 0.717) is 4.47 Å². The highest BCUT2D eigenvalue weighted by Gasteiger charge is 2.22. The fourth-order valence-electron chi connectivity index (χ4n) is 2.46. The Morgan fingerprint density at radius 2 is 2.00 bits per heavy atom. The largest absolute Gasteiger partial charge is 0.391 e. The maximum Gasteiger partial charge on any atom is 0.137 e. The van der Waals surface area contributed by atoms with E-state index in [0.717, 1.165) is 36.9 Å². The summed E-state index contributed by atoms with van der Waals surface area (Å²) in [6.45, 7) is 1.88. The molecule has 1 aliphatic carbocycles. The normalized spacial score (nSPS) is 24.7. The van der Waals surface area contributed by atoms with Crippen LogP contribution in [-0.4, -0.2) is 17.3 Å². The molecule has 4 heteroatoms. The zero-order chi connectivity index (χ0) is 13.1. The Hall–Kier alpha value is -0.610. The minimum absolute atomic E-state index is 0.0727. The molecule has 2 rings (SSSR count). The van der Waals surface area contributed by atoms with Crippen LogP contribution in [0.3, 0.4) is 0 Å². The summed E-state index contributed by atoms with van der Waals surface area (Å²) in [6.07, 6.45) is 4.91. The molecule has 0 spiro atoms. The predicted octanol–water partition coefficient (Wildman–Crippen LogP) is 4.00. The fraction of sp³-hybridized carbons (Fsp3) is 0.571. The maximum atomic E-state index is 13.4. The highest BCUT2D eigenvalue weighted by atomic mass is 79.9. The van der Waals surface area contributed by atoms with Crippen molar-refractivity contribution in [1.29, 1.82) is 0 Å². The SMILES string of the molecule is Cc1cc(F)c(Br)cc1NC1CCCCCC1O. The van der Waals surface area contributed by atoms with Gasteiger partial charge in [-0.3, -0.25) is 0 Å². The van der Waals surface area contributed by atoms with E-state index in [-0.39, 0.29) is 18.0 Å². The van der Waals surface area contributed by atoms with Gasteiger partial charge in [-0.05, 0) is 53.4 Å². The van der Waals surface area contributed by atoms with Gasteiger partial charge >= 0.3 is 0 Å². The lowest BCUT2D eigenvalue weighted by Crippen LogP contribution is -2.32. The van der Waals surface area contributed by atoms with Crippen molar-refractivity contribution in [2.75, 3.05) is 5.32 Å². The third kappa shape index (κ3) is 3.23. The molecule has 0 saturated heterocycles. The number of anilines is 1. The zero-order valence-corrected chi connectivity index (χ0v) is 12.1. The summed E-state index contributed by atoms with van der Waals surface area (Å²) >= 11 is 3.20. The van der Waals surface area contributed by atoms with Crippen LogP contribution < -0.4 is 5.32 Å². The van der Waals surface area contributed by atoms with Gasteiger partial charge in [0, 0.05) is 5.69 Å². The van der Waals surface area contributed by atoms with Gasteiger partial charge in [0.15, 0.2) is 0 Å². The van der Waals surface area contributed by atoms with Crippen LogP contribution in [0.5, 0.6) is 0 Å². The van der Waals surface area contributed by atoms with Gasteiger partial charge in [-0.15, -0.1) is 0 Å². The molecule has 0 aliphatic heterocycles. The molecule has 1 aliphatic rings. The fourth-order valence-corrected chi connectivity index (χ4v) is 2.80. The molecular formula is C14H19BrFNO. The summed E-state index contributed by atoms with van der Waals surface area (Å²) in [7, 11) is 0. The quantitative estimate of drug-likeness (QED) is 0.808. The van der Waals surface area contributed by atoms with Crippen molar-refractivity contribution in [3.8, 4) is 0 Å². The van der Waals surface area contributed by atoms with Gasteiger partial charge in [-0.25, -0.2) is 4.39 Å². The third-order valence-corrected chi connectivity index (χ3v) is 4.20. The number of rotatable bonds is 2. The van der Waals surface area contributed by atoms with Crippen molar-refractivity contribution < 1.29 is 9.50 Å². The number of nitrogens with one attached hydrogen (secondary N) is 1. The highest BCUT2D eigenvalue weighted by molar-refractivity contribution is 9.10. The Kier molecular flexibility index (Phi) is 4.62. The molecule has 0 aromatic heterocycles. The third-order valence-electron chi connectivity index (χ3n) is 3.59. The monoisotopic (exact) mass is 315 g/mol. The van der Waals surface area contributed by atoms with Crippen molar-refractivity contribution in [3.63, 3.8) is 0 Å². The second-order valence-electron chi connectivity index (χ2n) is 5.04. The summed E-state index contributed by atoms with van der Waals surface area (Å²) in [5.74, 6) is -0.250. The maximum absolute atomic E-state index is 13.4. The van der Waals surface area contributed by atoms with Crippen LogP contribution in [0.15, 0.2) is 16.6 Å². The highest BCUT2D eigenvalue weighted by Crippen LogP contribution is 2.27. The van der Waals surface area contributed by atoms with E-state index in [2.05, 4.69) is 21.2 Å². The van der Waals surface area contributed by atoms with Crippen LogP contribution in [0.1, 0.15) is 37.7 Å². The minimum atomic E-state index is -0.310. The Morgan fingerprint density at radius 1 is 1.28 bits per heavy atom. The number of aliphatic hydroxyl groups excluding tert-OH is 1. The summed E-state index contributed by atoms with van der Waals surface area (Å²) in [6, 6.07) is 3.33. The molecule has 2 N–H and O–H groups in total. The summed E-state index contributed by atoms with van der Waals surface area (Å²) in [5, 5.41) is 13.4. The first-order valence-electron chi connectivity index (χ1n) is 6.48. The molecule has 1 fully saturated rings. The molecule has 2 nitrogen and oxygen atoms in total. The molecule has 1 aromatic carbocycles. The summed E-state index contributed by atoms with van der Waals surface area (Å²) in [4.78, 5) is 0. The minimum Gasteiger partial charge on any atom is -0.391 e. The van der Waals surface area contributed by atoms with E-state index >= 15 is 0 Å². The molecule has 0 bridgehead atoms. The van der Waals surface area contributed by atoms with Crippen LogP contribution in [0.4, 0.5) is 10.1 Å². The first-order chi connectivity index (χ1) is 8.58. The number of aliphatic hydroxyl groups is 1. The lowest BCUT2D eigenvalue weighted by molar-refractivity contribution is 0.144. The van der Waals surface area contributed by atoms with Crippen LogP contribution in [0, 0.1) is 12.7 Å². The van der Waals surface area contributed by atoms with Crippen LogP contribution >= 0.6 is 15.9 Å². The van der Waals surface area contributed by atoms with E-state index < -0.39 is 0 Å². The molecule has 0 heterocycles. The first-order valence-corrected chi connectivity index (χ1v) is 7.27. The molecule has 1 saturated carbocycles. The molecule has 2 unspecified atom stereocenters. The van der Waals surface area contributed by atoms with E-state index in [1.165, 1.54) is 12.5 Å². The van der Waals surface area contributed by atoms with Crippen molar-refractivity contribution >= 4 is 21.6 Å². The Morgan fingerprint density at radius 3 is 2.78 bits per heavy atom. The van der Waals surface area contributed by atoms with Crippen molar-refractivity contribution in [2.24, 2.45) is 0 Å². The molecule has 0 radical (unpaired) electrons. The van der Waals surface area contributed by atoms with Crippen molar-refractivity contribution in [2.45, 2.75) is 51.2 Å². The molecular weight excluding hydrogens is 297 g/mol. The van der Waals surface area contributed by atoms with Gasteiger partial charge in [0.25, 0.3) is 0 Å². The number of halogens is 2. The standard InChI is InChI=1S/C14H19BrFNO/c1-9-7-11(16)10(15)8-13(9)17-12-5-3-2-4-6-14(12)18/h7-8,12,14,17-18H,2-6H2,1H3. The number of hydrogen-bond donors (Lipinski definition) is 2. The van der Waals surface area contributed by atoms with Crippen molar-refractivity contribution in [3.05, 3.63) is 28.0 Å². The average molecular weight is 316 g/mol. The van der Waals surface area contributed by atoms with E-state index in [4.69, 9.17) is 0 Å². The lowest BCUT2D eigenvalue weighted by atomic mass is 10.0. The molecule has 2 atom stereocenters. The van der Waals surface area contributed by atoms with Gasteiger partial charge in [0.2, 0.25) is 0 Å². The molecule has 1 aromatic rings. The van der Waals surface area contributed by atoms with Crippen LogP contribution in [0.2, 0.25) is 0 Å². The van der Waals surface area contributed by atoms with Gasteiger partial charge in [-0.2, -0.15) is 0 Å². The molecule has 18 heavy (non-hydrogen) atoms. The average Bonchev–Trinajstić information content (AvgIpc) is 2.52. The van der Waals surface area contributed by atoms with Crippen LogP contribution in [-0.2, 0) is 0 Å². The van der Waals surface area contributed by atoms with Gasteiger partial charge in [-0.1, -0.05) is 19.3 Å². The number of aryl methyl sites for hydroxylation is 1.